The van der Waals surface area contributed by atoms with Crippen molar-refractivity contribution in [3.63, 3.8) is 0 Å². The monoisotopic (exact) mass is 1630 g/mol. The number of thiophene rings is 4. The first-order valence-electron chi connectivity index (χ1n) is 39.8. The van der Waals surface area contributed by atoms with Gasteiger partial charge < -0.3 is 17.7 Å². The van der Waals surface area contributed by atoms with Gasteiger partial charge in [-0.15, -0.1) is 64.1 Å². The van der Waals surface area contributed by atoms with Gasteiger partial charge in [0.25, 0.3) is 11.6 Å². The number of furan rings is 4. The molecule has 0 spiro atoms. The van der Waals surface area contributed by atoms with Gasteiger partial charge in [0.15, 0.2) is 82.2 Å². The van der Waals surface area contributed by atoms with Crippen LogP contribution in [-0.4, -0.2) is 38.4 Å². The molecule has 0 radical (unpaired) electrons. The molecule has 0 aliphatic heterocycles. The number of imidazole rings is 2. The van der Waals surface area contributed by atoms with Gasteiger partial charge in [0, 0.05) is 67.2 Å². The van der Waals surface area contributed by atoms with Gasteiger partial charge >= 0.3 is 0 Å². The summed E-state index contributed by atoms with van der Waals surface area (Å²) >= 11 is 7.45. The van der Waals surface area contributed by atoms with E-state index in [0.717, 1.165) is 110 Å². The molecule has 582 valence electrons. The molecule has 0 aliphatic rings. The van der Waals surface area contributed by atoms with Crippen LogP contribution in [0.2, 0.25) is 0 Å². The van der Waals surface area contributed by atoms with Crippen molar-refractivity contribution in [1.82, 2.24) is 38.4 Å². The summed E-state index contributed by atoms with van der Waals surface area (Å²) in [5.41, 5.74) is 30.8. The number of aromatic nitrogens is 12. The second-order valence-electron chi connectivity index (χ2n) is 31.5. The van der Waals surface area contributed by atoms with Crippen LogP contribution < -0.4 is 18.5 Å². The Bertz CT molecular complexity index is 8340. The van der Waals surface area contributed by atoms with Crippen LogP contribution in [-0.2, 0) is 28.2 Å². The normalized spacial score (nSPS) is 12.0. The van der Waals surface area contributed by atoms with Crippen LogP contribution in [0.3, 0.4) is 0 Å². The molecule has 0 fully saturated rings. The van der Waals surface area contributed by atoms with E-state index in [1.54, 1.807) is 0 Å². The standard InChI is InChI=1S/C31H26N3S2.C30H24N3S2.2C19H16N3O2/c1-17-9-8-10-18(2)27(17)34-25-12-7-6-11-24(25)33(5)31(34)22-16-26-23(15-19(22)3)29-28(35-26)21-14-13-20(4)32-30(21)36-29;1-17-9-5-6-10-22(17)33-24-12-8-7-11-23(24)32(4)30(33)25-18(2)13-15-20-26(25)34-28-21-16-14-19(3)31-29(21)35-27(20)28;1-11-5-7-13-16(15(11)22-10-4-9-21(22)3)23-18-14-8-6-12(2)20-19(14)24-17(13)18;1-11-9-14-16(10-15(11)22-8-4-7-21(22)3)23-17-13-6-5-12(2)20-19(13)24-18(14)17/h6-16H,1-5H3;5-16H,1-4H3;2*4-10H,1-3H3/q4*+1. The maximum atomic E-state index is 6.27. The molecule has 16 aromatic heterocycles. The fourth-order valence-corrected chi connectivity index (χ4v) is 23.1. The molecule has 16 heterocycles. The second-order valence-corrected chi connectivity index (χ2v) is 35.5. The molecule has 0 saturated carbocycles. The number of aryl methyl sites for hydroxylation is 15. The lowest BCUT2D eigenvalue weighted by atomic mass is 10.0. The third-order valence-electron chi connectivity index (χ3n) is 23.5. The van der Waals surface area contributed by atoms with Crippen LogP contribution in [0.25, 0.3) is 193 Å². The number of nitrogens with zero attached hydrogens (tertiary/aromatic N) is 12. The number of fused-ring (bicyclic) bond motifs is 22. The number of hydrogen-bond acceptors (Lipinski definition) is 12. The van der Waals surface area contributed by atoms with E-state index in [9.17, 15) is 0 Å². The molecule has 0 aliphatic carbocycles. The Morgan fingerprint density at radius 1 is 0.319 bits per heavy atom. The molecule has 0 atom stereocenters. The summed E-state index contributed by atoms with van der Waals surface area (Å²) in [6, 6.07) is 71.1. The van der Waals surface area contributed by atoms with Crippen molar-refractivity contribution in [3.05, 3.63) is 287 Å². The molecule has 0 bridgehead atoms. The van der Waals surface area contributed by atoms with Crippen molar-refractivity contribution in [3.8, 4) is 45.5 Å². The van der Waals surface area contributed by atoms with Gasteiger partial charge in [0.1, 0.15) is 32.3 Å². The third-order valence-corrected chi connectivity index (χ3v) is 28.4. The molecule has 0 unspecified atom stereocenters. The van der Waals surface area contributed by atoms with Gasteiger partial charge in [-0.3, -0.25) is 0 Å². The lowest BCUT2D eigenvalue weighted by molar-refractivity contribution is -0.744. The molecule has 24 rings (SSSR count). The van der Waals surface area contributed by atoms with Gasteiger partial charge in [-0.05, 0) is 218 Å². The lowest BCUT2D eigenvalue weighted by Crippen LogP contribution is -2.37. The Kier molecular flexibility index (Phi) is 17.3. The number of pyridine rings is 4. The highest BCUT2D eigenvalue weighted by molar-refractivity contribution is 7.37. The van der Waals surface area contributed by atoms with Gasteiger partial charge in [0.05, 0.1) is 82.7 Å². The SMILES string of the molecule is Cc1ccc2c(n1)oc1c3cc(C)c(-n4ccc[n+]4C)cc3oc21.Cc1ccc2c(n1)oc1c3ccc(C)c(-n4ccc[n+]4C)c3oc21.Cc1ccc2c(n1)sc1c3cc(C)c(-c4n(-c5c(C)cccc5C)c5ccccc5[n+]4C)cc3sc21.Cc1ccc2c(n1)sc1c3ccc(C)c(-c4n(-c5ccccc5C)c5ccccc5[n+]4C)c3sc21. The van der Waals surface area contributed by atoms with E-state index in [1.165, 1.54) is 134 Å². The lowest BCUT2D eigenvalue weighted by Gasteiger charge is -2.11. The molecule has 119 heavy (non-hydrogen) atoms. The quantitative estimate of drug-likeness (QED) is 0.150. The maximum absolute atomic E-state index is 6.27. The Hall–Kier alpha value is -13.2. The Labute approximate surface area is 699 Å². The molecule has 16 nitrogen and oxygen atoms in total. The van der Waals surface area contributed by atoms with Crippen LogP contribution in [0.5, 0.6) is 0 Å². The zero-order valence-electron chi connectivity index (χ0n) is 68.5. The summed E-state index contributed by atoms with van der Waals surface area (Å²) in [4.78, 5) is 20.8. The third kappa shape index (κ3) is 11.7. The topological polar surface area (TPSA) is 139 Å². The second kappa shape index (κ2) is 28.0. The van der Waals surface area contributed by atoms with Crippen LogP contribution in [0, 0.1) is 76.2 Å². The summed E-state index contributed by atoms with van der Waals surface area (Å²) in [7, 11) is 8.41. The first kappa shape index (κ1) is 73.4. The van der Waals surface area contributed by atoms with Crippen LogP contribution in [0.4, 0.5) is 0 Å². The minimum atomic E-state index is 0.624. The van der Waals surface area contributed by atoms with Crippen molar-refractivity contribution in [2.75, 3.05) is 0 Å². The smallest absolute Gasteiger partial charge is 0.296 e. The molecule has 8 aromatic carbocycles. The molecule has 0 amide bonds. The van der Waals surface area contributed by atoms with Crippen LogP contribution in [0.15, 0.2) is 243 Å². The largest absolute Gasteiger partial charge is 0.452 e. The summed E-state index contributed by atoms with van der Waals surface area (Å²) < 4.78 is 50.3. The average Bonchev–Trinajstić information content (AvgIpc) is 1.55. The predicted octanol–water partition coefficient (Wildman–Crippen LogP) is 24.3. The van der Waals surface area contributed by atoms with E-state index >= 15 is 0 Å². The van der Waals surface area contributed by atoms with E-state index in [2.05, 4.69) is 278 Å². The predicted molar refractivity (Wildman–Crippen MR) is 488 cm³/mol. The van der Waals surface area contributed by atoms with Crippen molar-refractivity contribution in [1.29, 1.82) is 0 Å². The average molecular weight is 1630 g/mol. The summed E-state index contributed by atoms with van der Waals surface area (Å²) in [5, 5.41) is 8.99. The van der Waals surface area contributed by atoms with Crippen molar-refractivity contribution < 1.29 is 36.2 Å². The van der Waals surface area contributed by atoms with Crippen molar-refractivity contribution in [2.45, 2.75) is 76.2 Å². The fourth-order valence-electron chi connectivity index (χ4n) is 17.6. The summed E-state index contributed by atoms with van der Waals surface area (Å²) in [6.45, 7) is 23.3. The Balaban J connectivity index is 0.000000100. The Morgan fingerprint density at radius 3 is 1.45 bits per heavy atom. The number of benzene rings is 8. The zero-order valence-corrected chi connectivity index (χ0v) is 71.8. The van der Waals surface area contributed by atoms with E-state index in [4.69, 9.17) is 27.6 Å². The van der Waals surface area contributed by atoms with Gasteiger partial charge in [0.2, 0.25) is 11.4 Å². The number of hydrogen-bond donors (Lipinski definition) is 0. The molecule has 0 saturated heterocycles. The van der Waals surface area contributed by atoms with Crippen molar-refractivity contribution in [2.24, 2.45) is 28.2 Å². The summed E-state index contributed by atoms with van der Waals surface area (Å²) in [6.07, 6.45) is 8.07. The fraction of sp³-hybridized carbons (Fsp3) is 0.152. The molecular formula is C99H82N12O4S4+4. The first-order valence-corrected chi connectivity index (χ1v) is 43.1. The molecular weight excluding hydrogens is 1550 g/mol. The molecule has 20 heteroatoms. The summed E-state index contributed by atoms with van der Waals surface area (Å²) in [5.74, 6) is 2.43. The zero-order chi connectivity index (χ0) is 81.4. The highest BCUT2D eigenvalue weighted by atomic mass is 32.1. The highest BCUT2D eigenvalue weighted by Gasteiger charge is 2.34. The minimum absolute atomic E-state index is 0.624. The molecule has 0 N–H and O–H groups in total. The van der Waals surface area contributed by atoms with E-state index in [0.29, 0.717) is 11.4 Å². The minimum Gasteiger partial charge on any atom is -0.452 e. The van der Waals surface area contributed by atoms with Gasteiger partial charge in [-0.25, -0.2) is 29.1 Å². The Morgan fingerprint density at radius 2 is 0.815 bits per heavy atom. The van der Waals surface area contributed by atoms with E-state index < -0.39 is 0 Å². The van der Waals surface area contributed by atoms with Crippen molar-refractivity contribution >= 4 is 193 Å². The molecule has 24 aromatic rings. The first-order chi connectivity index (χ1) is 57.7. The van der Waals surface area contributed by atoms with E-state index in [1.807, 2.05) is 144 Å². The van der Waals surface area contributed by atoms with Gasteiger partial charge in [-0.1, -0.05) is 78.9 Å². The maximum Gasteiger partial charge on any atom is 0.296 e. The number of rotatable bonds is 6. The van der Waals surface area contributed by atoms with E-state index in [-0.39, 0.29) is 0 Å². The highest BCUT2D eigenvalue weighted by Crippen LogP contribution is 2.50. The van der Waals surface area contributed by atoms with Crippen LogP contribution in [0.1, 0.15) is 61.7 Å². The van der Waals surface area contributed by atoms with Crippen LogP contribution >= 0.6 is 45.3 Å². The number of para-hydroxylation sites is 6. The van der Waals surface area contributed by atoms with Gasteiger partial charge in [-0.2, -0.15) is 9.13 Å².